The maximum atomic E-state index is 13.0. The Morgan fingerprint density at radius 2 is 1.53 bits per heavy atom. The standard InChI is InChI=1S/C41H58O2/c1-36(2)24-25-38(5)26-27-40(7)30(31(38)28-36)18-19-33-39(6)22-21-34(37(3,4)32(39)20-23-41(33,40)8)43-35(42)17-13-12-16-29-14-10-9-11-15-29/h9-18,31-34H,19-28H2,1-8H3/b16-12+,17-13+/t31-,32-,33+,34?,38+,39-,40+,41+/m0/s1. The predicted molar refractivity (Wildman–Crippen MR) is 179 cm³/mol. The second-order valence-electron chi connectivity index (χ2n) is 17.8. The Morgan fingerprint density at radius 3 is 2.28 bits per heavy atom. The molecular weight excluding hydrogens is 524 g/mol. The van der Waals surface area contributed by atoms with Crippen molar-refractivity contribution in [2.24, 2.45) is 50.2 Å². The zero-order valence-corrected chi connectivity index (χ0v) is 28.5. The maximum absolute atomic E-state index is 13.0. The van der Waals surface area contributed by atoms with Crippen LogP contribution < -0.4 is 0 Å². The second-order valence-corrected chi connectivity index (χ2v) is 17.8. The number of fused-ring (bicyclic) bond motifs is 7. The Balaban J connectivity index is 1.21. The summed E-state index contributed by atoms with van der Waals surface area (Å²) in [4.78, 5) is 13.0. The summed E-state index contributed by atoms with van der Waals surface area (Å²) >= 11 is 0. The SMILES string of the molecule is CC1(C)CC[C@]2(C)CC[C@]3(C)C(=CC[C@@H]4[C@@]5(C)CCC(OC(=O)/C=C/C=C/c6ccccc6)C(C)(C)[C@@H]5CC[C@]43C)[C@@H]2C1. The Morgan fingerprint density at radius 1 is 0.814 bits per heavy atom. The number of esters is 1. The molecule has 1 aromatic carbocycles. The molecule has 5 aliphatic carbocycles. The Kier molecular flexibility index (Phi) is 7.54. The summed E-state index contributed by atoms with van der Waals surface area (Å²) < 4.78 is 6.24. The number of benzene rings is 1. The van der Waals surface area contributed by atoms with E-state index >= 15 is 0 Å². The molecule has 2 heteroatoms. The zero-order chi connectivity index (χ0) is 30.9. The summed E-state index contributed by atoms with van der Waals surface area (Å²) in [5.74, 6) is 1.79. The van der Waals surface area contributed by atoms with E-state index in [4.69, 9.17) is 4.74 Å². The molecule has 5 aliphatic rings. The van der Waals surface area contributed by atoms with E-state index in [0.717, 1.165) is 24.3 Å². The van der Waals surface area contributed by atoms with Gasteiger partial charge in [-0.05, 0) is 115 Å². The van der Waals surface area contributed by atoms with Gasteiger partial charge in [0.25, 0.3) is 0 Å². The average Bonchev–Trinajstić information content (AvgIpc) is 2.94. The summed E-state index contributed by atoms with van der Waals surface area (Å²) in [5.41, 5.74) is 4.78. The predicted octanol–water partition coefficient (Wildman–Crippen LogP) is 11.0. The molecule has 0 aromatic heterocycles. The highest BCUT2D eigenvalue weighted by Crippen LogP contribution is 2.75. The van der Waals surface area contributed by atoms with Gasteiger partial charge in [-0.3, -0.25) is 0 Å². The van der Waals surface area contributed by atoms with Gasteiger partial charge in [0.15, 0.2) is 0 Å². The lowest BCUT2D eigenvalue weighted by Gasteiger charge is -2.71. The molecule has 4 saturated carbocycles. The van der Waals surface area contributed by atoms with Gasteiger partial charge in [-0.1, -0.05) is 116 Å². The molecule has 6 rings (SSSR count). The summed E-state index contributed by atoms with van der Waals surface area (Å²) in [6.45, 7) is 20.5. The third kappa shape index (κ3) is 4.93. The lowest BCUT2D eigenvalue weighted by molar-refractivity contribution is -0.210. The summed E-state index contributed by atoms with van der Waals surface area (Å²) in [5, 5.41) is 0. The first-order valence-corrected chi connectivity index (χ1v) is 17.5. The van der Waals surface area contributed by atoms with E-state index in [-0.39, 0.29) is 22.9 Å². The van der Waals surface area contributed by atoms with Gasteiger partial charge in [-0.15, -0.1) is 0 Å². The van der Waals surface area contributed by atoms with Crippen LogP contribution in [0.3, 0.4) is 0 Å². The van der Waals surface area contributed by atoms with Crippen LogP contribution in [-0.4, -0.2) is 12.1 Å². The van der Waals surface area contributed by atoms with Crippen LogP contribution >= 0.6 is 0 Å². The normalized spacial score (nSPS) is 43.2. The number of carbonyl (C=O) groups is 1. The third-order valence-electron chi connectivity index (χ3n) is 14.7. The van der Waals surface area contributed by atoms with Crippen molar-refractivity contribution >= 4 is 12.0 Å². The molecule has 1 unspecified atom stereocenters. The van der Waals surface area contributed by atoms with E-state index in [1.165, 1.54) is 51.4 Å². The monoisotopic (exact) mass is 582 g/mol. The van der Waals surface area contributed by atoms with Crippen LogP contribution in [0.2, 0.25) is 0 Å². The Labute approximate surface area is 262 Å². The molecule has 0 saturated heterocycles. The van der Waals surface area contributed by atoms with Gasteiger partial charge < -0.3 is 4.74 Å². The first kappa shape index (κ1) is 30.9. The molecule has 43 heavy (non-hydrogen) atoms. The highest BCUT2D eigenvalue weighted by atomic mass is 16.5. The minimum absolute atomic E-state index is 0.0321. The molecule has 0 N–H and O–H groups in total. The van der Waals surface area contributed by atoms with Crippen LogP contribution in [-0.2, 0) is 9.53 Å². The van der Waals surface area contributed by atoms with Crippen molar-refractivity contribution in [1.82, 2.24) is 0 Å². The van der Waals surface area contributed by atoms with Crippen molar-refractivity contribution in [3.8, 4) is 0 Å². The topological polar surface area (TPSA) is 26.3 Å². The number of rotatable bonds is 4. The van der Waals surface area contributed by atoms with Gasteiger partial charge in [0.2, 0.25) is 0 Å². The van der Waals surface area contributed by atoms with Crippen LogP contribution in [0, 0.1) is 50.2 Å². The maximum Gasteiger partial charge on any atom is 0.331 e. The van der Waals surface area contributed by atoms with Crippen LogP contribution in [0.4, 0.5) is 0 Å². The molecular formula is C41H58O2. The van der Waals surface area contributed by atoms with Gasteiger partial charge in [-0.2, -0.15) is 0 Å². The first-order valence-electron chi connectivity index (χ1n) is 17.5. The summed E-state index contributed by atoms with van der Waals surface area (Å²) in [6.07, 6.45) is 22.9. The van der Waals surface area contributed by atoms with Crippen LogP contribution in [0.5, 0.6) is 0 Å². The Bertz CT molecular complexity index is 1310. The van der Waals surface area contributed by atoms with Crippen LogP contribution in [0.1, 0.15) is 125 Å². The van der Waals surface area contributed by atoms with Gasteiger partial charge in [-0.25, -0.2) is 4.79 Å². The lowest BCUT2D eigenvalue weighted by atomic mass is 9.33. The molecule has 0 radical (unpaired) electrons. The van der Waals surface area contributed by atoms with Crippen molar-refractivity contribution in [3.05, 3.63) is 65.8 Å². The molecule has 0 amide bonds. The quantitative estimate of drug-likeness (QED) is 0.153. The van der Waals surface area contributed by atoms with Crippen molar-refractivity contribution in [1.29, 1.82) is 0 Å². The molecule has 0 aliphatic heterocycles. The third-order valence-corrected chi connectivity index (χ3v) is 14.7. The molecule has 0 spiro atoms. The first-order chi connectivity index (χ1) is 20.1. The minimum atomic E-state index is -0.210. The van der Waals surface area contributed by atoms with E-state index < -0.39 is 0 Å². The van der Waals surface area contributed by atoms with Gasteiger partial charge in [0.1, 0.15) is 6.10 Å². The average molecular weight is 583 g/mol. The number of allylic oxidation sites excluding steroid dienone is 4. The lowest BCUT2D eigenvalue weighted by Crippen LogP contribution is -2.64. The number of hydrogen-bond acceptors (Lipinski definition) is 2. The van der Waals surface area contributed by atoms with Crippen LogP contribution in [0.15, 0.2) is 60.2 Å². The van der Waals surface area contributed by atoms with E-state index in [0.29, 0.717) is 33.5 Å². The van der Waals surface area contributed by atoms with E-state index in [1.54, 1.807) is 6.08 Å². The second kappa shape index (κ2) is 10.5. The highest BCUT2D eigenvalue weighted by molar-refractivity contribution is 5.82. The van der Waals surface area contributed by atoms with Crippen LogP contribution in [0.25, 0.3) is 6.08 Å². The fourth-order valence-corrected chi connectivity index (χ4v) is 11.7. The van der Waals surface area contributed by atoms with E-state index in [1.807, 2.05) is 42.0 Å². The fourth-order valence-electron chi connectivity index (χ4n) is 11.7. The number of hydrogen-bond donors (Lipinski definition) is 0. The zero-order valence-electron chi connectivity index (χ0n) is 28.5. The highest BCUT2D eigenvalue weighted by Gasteiger charge is 2.68. The molecule has 2 nitrogen and oxygen atoms in total. The van der Waals surface area contributed by atoms with Crippen molar-refractivity contribution in [3.63, 3.8) is 0 Å². The fraction of sp³-hybridized carbons (Fsp3) is 0.683. The summed E-state index contributed by atoms with van der Waals surface area (Å²) in [6, 6.07) is 10.2. The molecule has 4 fully saturated rings. The molecule has 8 atom stereocenters. The molecule has 0 heterocycles. The number of ether oxygens (including phenoxy) is 1. The van der Waals surface area contributed by atoms with Crippen molar-refractivity contribution in [2.45, 2.75) is 126 Å². The van der Waals surface area contributed by atoms with Crippen molar-refractivity contribution < 1.29 is 9.53 Å². The van der Waals surface area contributed by atoms with Gasteiger partial charge >= 0.3 is 5.97 Å². The molecule has 1 aromatic rings. The smallest absolute Gasteiger partial charge is 0.331 e. The van der Waals surface area contributed by atoms with E-state index in [2.05, 4.69) is 73.6 Å². The van der Waals surface area contributed by atoms with Crippen molar-refractivity contribution in [2.75, 3.05) is 0 Å². The largest absolute Gasteiger partial charge is 0.459 e. The van der Waals surface area contributed by atoms with E-state index in [9.17, 15) is 4.79 Å². The molecule has 234 valence electrons. The summed E-state index contributed by atoms with van der Waals surface area (Å²) in [7, 11) is 0. The minimum Gasteiger partial charge on any atom is -0.459 e. The number of carbonyl (C=O) groups excluding carboxylic acids is 1. The molecule has 0 bridgehead atoms. The van der Waals surface area contributed by atoms with Gasteiger partial charge in [0, 0.05) is 11.5 Å². The Hall–Kier alpha value is -2.09. The van der Waals surface area contributed by atoms with Gasteiger partial charge in [0.05, 0.1) is 0 Å².